The maximum atomic E-state index is 12.3. The molecule has 3 N–H and O–H groups in total. The second kappa shape index (κ2) is 10.6. The van der Waals surface area contributed by atoms with Gasteiger partial charge >= 0.3 is 6.03 Å². The lowest BCUT2D eigenvalue weighted by molar-refractivity contribution is -0.00517. The quantitative estimate of drug-likeness (QED) is 0.541. The number of morpholine rings is 1. The number of para-hydroxylation sites is 2. The standard InChI is InChI=1S/C22H30N4O4S/c1-17-14-26(15-18(2)30-17)21-11-7-6-10-20(21)25-22(27)23-12-13-24-31(28,29)16-19-8-4-3-5-9-19/h3-11,17-18,24H,12-16H2,1-2H3,(H2,23,25,27)/t17-,18-/m1/s1. The molecule has 1 aliphatic rings. The van der Waals surface area contributed by atoms with Gasteiger partial charge in [0, 0.05) is 26.2 Å². The lowest BCUT2D eigenvalue weighted by Gasteiger charge is -2.37. The summed E-state index contributed by atoms with van der Waals surface area (Å²) >= 11 is 0. The number of hydrogen-bond donors (Lipinski definition) is 3. The minimum atomic E-state index is -3.46. The van der Waals surface area contributed by atoms with E-state index in [1.807, 2.05) is 44.2 Å². The Bertz CT molecular complexity index is 958. The Balaban J connectivity index is 1.48. The molecule has 0 unspecified atom stereocenters. The highest BCUT2D eigenvalue weighted by atomic mass is 32.2. The molecule has 0 aromatic heterocycles. The molecule has 8 nitrogen and oxygen atoms in total. The molecule has 2 aromatic rings. The Kier molecular flexibility index (Phi) is 7.89. The first-order valence-electron chi connectivity index (χ1n) is 10.4. The number of anilines is 2. The minimum Gasteiger partial charge on any atom is -0.372 e. The van der Waals surface area contributed by atoms with Gasteiger partial charge < -0.3 is 20.3 Å². The van der Waals surface area contributed by atoms with Crippen LogP contribution in [0.3, 0.4) is 0 Å². The Hall–Kier alpha value is -2.62. The predicted molar refractivity (Wildman–Crippen MR) is 123 cm³/mol. The third kappa shape index (κ3) is 7.23. The molecule has 31 heavy (non-hydrogen) atoms. The van der Waals surface area contributed by atoms with E-state index in [9.17, 15) is 13.2 Å². The maximum absolute atomic E-state index is 12.3. The van der Waals surface area contributed by atoms with Crippen LogP contribution in [-0.4, -0.2) is 52.8 Å². The van der Waals surface area contributed by atoms with Gasteiger partial charge in [0.2, 0.25) is 10.0 Å². The number of urea groups is 1. The monoisotopic (exact) mass is 446 g/mol. The van der Waals surface area contributed by atoms with Crippen LogP contribution in [0.15, 0.2) is 54.6 Å². The number of sulfonamides is 1. The number of amides is 2. The van der Waals surface area contributed by atoms with E-state index >= 15 is 0 Å². The molecule has 1 saturated heterocycles. The number of nitrogens with zero attached hydrogens (tertiary/aromatic N) is 1. The molecular formula is C22H30N4O4S. The molecule has 0 spiro atoms. The predicted octanol–water partition coefficient (Wildman–Crippen LogP) is 2.54. The van der Waals surface area contributed by atoms with Crippen molar-refractivity contribution in [3.05, 3.63) is 60.2 Å². The summed E-state index contributed by atoms with van der Waals surface area (Å²) in [5.41, 5.74) is 2.35. The first-order chi connectivity index (χ1) is 14.8. The van der Waals surface area contributed by atoms with Crippen LogP contribution in [-0.2, 0) is 20.5 Å². The summed E-state index contributed by atoms with van der Waals surface area (Å²) in [5, 5.41) is 5.56. The summed E-state index contributed by atoms with van der Waals surface area (Å²) in [6, 6.07) is 16.2. The second-order valence-electron chi connectivity index (χ2n) is 7.70. The third-order valence-electron chi connectivity index (χ3n) is 4.84. The molecule has 9 heteroatoms. The van der Waals surface area contributed by atoms with Gasteiger partial charge in [-0.2, -0.15) is 0 Å². The van der Waals surface area contributed by atoms with E-state index in [4.69, 9.17) is 4.74 Å². The molecule has 1 heterocycles. The van der Waals surface area contributed by atoms with Crippen molar-refractivity contribution in [2.45, 2.75) is 31.8 Å². The molecule has 2 amide bonds. The van der Waals surface area contributed by atoms with Gasteiger partial charge in [0.25, 0.3) is 0 Å². The van der Waals surface area contributed by atoms with Crippen molar-refractivity contribution in [3.63, 3.8) is 0 Å². The van der Waals surface area contributed by atoms with Crippen molar-refractivity contribution in [2.24, 2.45) is 0 Å². The number of rotatable bonds is 8. The Labute approximate surface area is 184 Å². The molecule has 3 rings (SSSR count). The fourth-order valence-corrected chi connectivity index (χ4v) is 4.77. The second-order valence-corrected chi connectivity index (χ2v) is 9.51. The van der Waals surface area contributed by atoms with Crippen LogP contribution in [0.5, 0.6) is 0 Å². The first-order valence-corrected chi connectivity index (χ1v) is 12.0. The van der Waals surface area contributed by atoms with Crippen molar-refractivity contribution < 1.29 is 17.9 Å². The minimum absolute atomic E-state index is 0.0934. The number of benzene rings is 2. The summed E-state index contributed by atoms with van der Waals surface area (Å²) in [4.78, 5) is 14.5. The van der Waals surface area contributed by atoms with Crippen LogP contribution in [0.25, 0.3) is 0 Å². The number of ether oxygens (including phenoxy) is 1. The fourth-order valence-electron chi connectivity index (χ4n) is 3.62. The van der Waals surface area contributed by atoms with Gasteiger partial charge in [-0.3, -0.25) is 0 Å². The van der Waals surface area contributed by atoms with Gasteiger partial charge in [0.15, 0.2) is 0 Å². The molecule has 2 atom stereocenters. The summed E-state index contributed by atoms with van der Waals surface area (Å²) in [6.07, 6.45) is 0.212. The zero-order valence-corrected chi connectivity index (χ0v) is 18.7. The molecule has 2 aromatic carbocycles. The largest absolute Gasteiger partial charge is 0.372 e. The molecule has 0 radical (unpaired) electrons. The van der Waals surface area contributed by atoms with Gasteiger partial charge in [-0.25, -0.2) is 17.9 Å². The zero-order chi connectivity index (χ0) is 22.3. The lowest BCUT2D eigenvalue weighted by Crippen LogP contribution is -2.46. The van der Waals surface area contributed by atoms with Gasteiger partial charge in [-0.1, -0.05) is 42.5 Å². The van der Waals surface area contributed by atoms with E-state index in [-0.39, 0.29) is 37.1 Å². The summed E-state index contributed by atoms with van der Waals surface area (Å²) < 4.78 is 32.6. The normalized spacial score (nSPS) is 19.1. The lowest BCUT2D eigenvalue weighted by atomic mass is 10.1. The molecule has 0 bridgehead atoms. The van der Waals surface area contributed by atoms with E-state index in [2.05, 4.69) is 20.3 Å². The molecule has 168 valence electrons. The van der Waals surface area contributed by atoms with Crippen LogP contribution in [0, 0.1) is 0 Å². The molecule has 0 aliphatic carbocycles. The summed E-state index contributed by atoms with van der Waals surface area (Å²) in [7, 11) is -3.46. The van der Waals surface area contributed by atoms with E-state index in [0.29, 0.717) is 11.3 Å². The average Bonchev–Trinajstić information content (AvgIpc) is 2.71. The van der Waals surface area contributed by atoms with Crippen LogP contribution < -0.4 is 20.3 Å². The third-order valence-corrected chi connectivity index (χ3v) is 6.20. The molecule has 1 fully saturated rings. The molecule has 0 saturated carbocycles. The van der Waals surface area contributed by atoms with Crippen LogP contribution in [0.1, 0.15) is 19.4 Å². The van der Waals surface area contributed by atoms with Crippen molar-refractivity contribution in [2.75, 3.05) is 36.4 Å². The van der Waals surface area contributed by atoms with Crippen molar-refractivity contribution in [1.29, 1.82) is 0 Å². The Morgan fingerprint density at radius 2 is 1.65 bits per heavy atom. The highest BCUT2D eigenvalue weighted by Gasteiger charge is 2.24. The van der Waals surface area contributed by atoms with E-state index in [0.717, 1.165) is 18.8 Å². The highest BCUT2D eigenvalue weighted by Crippen LogP contribution is 2.28. The number of nitrogens with one attached hydrogen (secondary N) is 3. The van der Waals surface area contributed by atoms with E-state index in [1.165, 1.54) is 0 Å². The van der Waals surface area contributed by atoms with Gasteiger partial charge in [-0.15, -0.1) is 0 Å². The number of hydrogen-bond acceptors (Lipinski definition) is 5. The summed E-state index contributed by atoms with van der Waals surface area (Å²) in [5.74, 6) is -0.0934. The summed E-state index contributed by atoms with van der Waals surface area (Å²) in [6.45, 7) is 5.84. The van der Waals surface area contributed by atoms with E-state index < -0.39 is 10.0 Å². The topological polar surface area (TPSA) is 99.8 Å². The highest BCUT2D eigenvalue weighted by molar-refractivity contribution is 7.88. The van der Waals surface area contributed by atoms with Crippen molar-refractivity contribution in [1.82, 2.24) is 10.0 Å². The number of carbonyl (C=O) groups is 1. The average molecular weight is 447 g/mol. The zero-order valence-electron chi connectivity index (χ0n) is 17.9. The van der Waals surface area contributed by atoms with Crippen LogP contribution in [0.4, 0.5) is 16.2 Å². The molecular weight excluding hydrogens is 416 g/mol. The Morgan fingerprint density at radius 3 is 2.35 bits per heavy atom. The fraction of sp³-hybridized carbons (Fsp3) is 0.409. The van der Waals surface area contributed by atoms with Crippen molar-refractivity contribution in [3.8, 4) is 0 Å². The van der Waals surface area contributed by atoms with Crippen molar-refractivity contribution >= 4 is 27.4 Å². The van der Waals surface area contributed by atoms with E-state index in [1.54, 1.807) is 24.3 Å². The smallest absolute Gasteiger partial charge is 0.319 e. The maximum Gasteiger partial charge on any atom is 0.319 e. The van der Waals surface area contributed by atoms with Gasteiger partial charge in [0.05, 0.1) is 29.3 Å². The van der Waals surface area contributed by atoms with Gasteiger partial charge in [-0.05, 0) is 31.5 Å². The first kappa shape index (κ1) is 23.1. The van der Waals surface area contributed by atoms with Crippen LogP contribution in [0.2, 0.25) is 0 Å². The van der Waals surface area contributed by atoms with Crippen LogP contribution >= 0.6 is 0 Å². The van der Waals surface area contributed by atoms with Gasteiger partial charge in [0.1, 0.15) is 0 Å². The number of carbonyl (C=O) groups excluding carboxylic acids is 1. The Morgan fingerprint density at radius 1 is 1.00 bits per heavy atom. The SMILES string of the molecule is C[C@@H]1CN(c2ccccc2NC(=O)NCCNS(=O)(=O)Cc2ccccc2)C[C@@H](C)O1. The molecule has 1 aliphatic heterocycles.